The van der Waals surface area contributed by atoms with E-state index in [4.69, 9.17) is 4.52 Å². The van der Waals surface area contributed by atoms with Crippen LogP contribution in [0.25, 0.3) is 0 Å². The summed E-state index contributed by atoms with van der Waals surface area (Å²) in [5.41, 5.74) is 1.94. The number of β-amino-alcohol motifs (C(OH)–C–C–N with tert-alkyl or cyclic N) is 1. The number of aromatic nitrogens is 1. The van der Waals surface area contributed by atoms with E-state index in [0.717, 1.165) is 56.6 Å². The van der Waals surface area contributed by atoms with Crippen LogP contribution in [0.5, 0.6) is 0 Å². The first-order chi connectivity index (χ1) is 13.6. The monoisotopic (exact) mass is 387 g/mol. The van der Waals surface area contributed by atoms with E-state index in [9.17, 15) is 14.3 Å². The van der Waals surface area contributed by atoms with E-state index in [-0.39, 0.29) is 23.4 Å². The number of hydrogen-bond acceptors (Lipinski definition) is 5. The Balaban J connectivity index is 1.31. The molecule has 0 radical (unpaired) electrons. The Hall–Kier alpha value is -2.25. The van der Waals surface area contributed by atoms with E-state index in [1.165, 1.54) is 12.1 Å². The Morgan fingerprint density at radius 1 is 1.18 bits per heavy atom. The minimum atomic E-state index is -0.453. The SMILES string of the molecule is O=C(c1cc(C2CCN(Cc3ccc(F)cc3)CC2)no1)N1CCCC(O)C1. The maximum atomic E-state index is 13.0. The van der Waals surface area contributed by atoms with Crippen molar-refractivity contribution in [3.8, 4) is 0 Å². The molecule has 1 atom stereocenters. The van der Waals surface area contributed by atoms with E-state index in [2.05, 4.69) is 10.1 Å². The zero-order chi connectivity index (χ0) is 19.5. The smallest absolute Gasteiger partial charge is 0.292 e. The lowest BCUT2D eigenvalue weighted by Gasteiger charge is -2.31. The fourth-order valence-corrected chi connectivity index (χ4v) is 4.11. The fourth-order valence-electron chi connectivity index (χ4n) is 4.11. The third-order valence-corrected chi connectivity index (χ3v) is 5.75. The van der Waals surface area contributed by atoms with Crippen molar-refractivity contribution in [2.24, 2.45) is 0 Å². The summed E-state index contributed by atoms with van der Waals surface area (Å²) in [7, 11) is 0. The van der Waals surface area contributed by atoms with Gasteiger partial charge in [-0.05, 0) is 56.5 Å². The molecular weight excluding hydrogens is 361 g/mol. The van der Waals surface area contributed by atoms with Gasteiger partial charge in [0.15, 0.2) is 0 Å². The van der Waals surface area contributed by atoms with Crippen molar-refractivity contribution in [3.05, 3.63) is 53.2 Å². The summed E-state index contributed by atoms with van der Waals surface area (Å²) in [4.78, 5) is 16.6. The number of piperidine rings is 2. The van der Waals surface area contributed by atoms with Crippen LogP contribution in [-0.4, -0.2) is 58.3 Å². The van der Waals surface area contributed by atoms with Crippen molar-refractivity contribution >= 4 is 5.91 Å². The number of nitrogens with zero attached hydrogens (tertiary/aromatic N) is 3. The number of halogens is 1. The molecule has 1 unspecified atom stereocenters. The van der Waals surface area contributed by atoms with Crippen molar-refractivity contribution in [3.63, 3.8) is 0 Å². The quantitative estimate of drug-likeness (QED) is 0.874. The average Bonchev–Trinajstić information content (AvgIpc) is 3.20. The zero-order valence-corrected chi connectivity index (χ0v) is 15.9. The highest BCUT2D eigenvalue weighted by Gasteiger charge is 2.28. The maximum Gasteiger partial charge on any atom is 0.292 e. The third-order valence-electron chi connectivity index (χ3n) is 5.75. The molecule has 6 nitrogen and oxygen atoms in total. The van der Waals surface area contributed by atoms with Crippen molar-refractivity contribution in [2.45, 2.75) is 44.2 Å². The Morgan fingerprint density at radius 3 is 2.64 bits per heavy atom. The fraction of sp³-hybridized carbons (Fsp3) is 0.524. The summed E-state index contributed by atoms with van der Waals surface area (Å²) in [6.07, 6.45) is 2.99. The number of aliphatic hydroxyl groups excluding tert-OH is 1. The predicted molar refractivity (Wildman–Crippen MR) is 101 cm³/mol. The molecule has 3 heterocycles. The largest absolute Gasteiger partial charge is 0.391 e. The molecule has 2 aromatic rings. The molecule has 0 saturated carbocycles. The van der Waals surface area contributed by atoms with Gasteiger partial charge in [-0.2, -0.15) is 0 Å². The summed E-state index contributed by atoms with van der Waals surface area (Å²) in [5.74, 6) is 0.142. The van der Waals surface area contributed by atoms with Gasteiger partial charge in [-0.1, -0.05) is 17.3 Å². The highest BCUT2D eigenvalue weighted by atomic mass is 19.1. The van der Waals surface area contributed by atoms with Crippen LogP contribution >= 0.6 is 0 Å². The summed E-state index contributed by atoms with van der Waals surface area (Å²) in [5, 5.41) is 13.9. The van der Waals surface area contributed by atoms with Crippen LogP contribution < -0.4 is 0 Å². The molecule has 1 aromatic carbocycles. The second-order valence-electron chi connectivity index (χ2n) is 7.84. The standard InChI is InChI=1S/C21H26FN3O3/c22-17-5-3-15(4-6-17)13-24-10-7-16(8-11-24)19-12-20(28-23-19)21(27)25-9-1-2-18(26)14-25/h3-6,12,16,18,26H,1-2,7-11,13-14H2. The molecule has 1 amide bonds. The van der Waals surface area contributed by atoms with Crippen LogP contribution in [0.1, 0.15) is 53.4 Å². The van der Waals surface area contributed by atoms with Gasteiger partial charge in [-0.3, -0.25) is 9.69 Å². The molecule has 2 fully saturated rings. The number of benzene rings is 1. The molecule has 0 spiro atoms. The van der Waals surface area contributed by atoms with Gasteiger partial charge in [-0.25, -0.2) is 4.39 Å². The van der Waals surface area contributed by atoms with Gasteiger partial charge < -0.3 is 14.5 Å². The third kappa shape index (κ3) is 4.42. The van der Waals surface area contributed by atoms with E-state index < -0.39 is 6.10 Å². The maximum absolute atomic E-state index is 13.0. The van der Waals surface area contributed by atoms with Gasteiger partial charge in [-0.15, -0.1) is 0 Å². The molecule has 150 valence electrons. The first-order valence-electron chi connectivity index (χ1n) is 9.99. The van der Waals surface area contributed by atoms with Crippen LogP contribution in [0.15, 0.2) is 34.9 Å². The number of carbonyl (C=O) groups excluding carboxylic acids is 1. The molecule has 4 rings (SSSR count). The van der Waals surface area contributed by atoms with E-state index >= 15 is 0 Å². The molecule has 2 aliphatic rings. The molecule has 0 bridgehead atoms. The van der Waals surface area contributed by atoms with Gasteiger partial charge >= 0.3 is 0 Å². The first-order valence-corrected chi connectivity index (χ1v) is 9.99. The van der Waals surface area contributed by atoms with Crippen LogP contribution in [0.3, 0.4) is 0 Å². The van der Waals surface area contributed by atoms with Gasteiger partial charge in [0.25, 0.3) is 5.91 Å². The van der Waals surface area contributed by atoms with Crippen molar-refractivity contribution in [1.29, 1.82) is 0 Å². The van der Waals surface area contributed by atoms with E-state index in [1.807, 2.05) is 12.1 Å². The Bertz CT molecular complexity index is 799. The molecule has 2 saturated heterocycles. The number of amides is 1. The number of likely N-dealkylation sites (tertiary alicyclic amines) is 2. The molecule has 1 aromatic heterocycles. The van der Waals surface area contributed by atoms with Gasteiger partial charge in [0.2, 0.25) is 5.76 Å². The summed E-state index contributed by atoms with van der Waals surface area (Å²) >= 11 is 0. The minimum absolute atomic E-state index is 0.189. The van der Waals surface area contributed by atoms with Gasteiger partial charge in [0.05, 0.1) is 11.8 Å². The molecule has 1 N–H and O–H groups in total. The molecular formula is C21H26FN3O3. The number of carbonyl (C=O) groups is 1. The normalized spacial score (nSPS) is 21.8. The molecule has 2 aliphatic heterocycles. The van der Waals surface area contributed by atoms with Crippen LogP contribution in [0.4, 0.5) is 4.39 Å². The van der Waals surface area contributed by atoms with Crippen molar-refractivity contribution in [1.82, 2.24) is 15.0 Å². The second kappa shape index (κ2) is 8.41. The first kappa shape index (κ1) is 19.1. The molecule has 7 heteroatoms. The Labute approximate surface area is 163 Å². The lowest BCUT2D eigenvalue weighted by molar-refractivity contribution is 0.0441. The van der Waals surface area contributed by atoms with Gasteiger partial charge in [0, 0.05) is 31.6 Å². The lowest BCUT2D eigenvalue weighted by atomic mass is 9.93. The topological polar surface area (TPSA) is 69.8 Å². The average molecular weight is 387 g/mol. The zero-order valence-electron chi connectivity index (χ0n) is 15.9. The molecule has 0 aliphatic carbocycles. The van der Waals surface area contributed by atoms with Gasteiger partial charge in [0.1, 0.15) is 5.82 Å². The minimum Gasteiger partial charge on any atom is -0.391 e. The molecule has 28 heavy (non-hydrogen) atoms. The number of aliphatic hydroxyl groups is 1. The van der Waals surface area contributed by atoms with E-state index in [0.29, 0.717) is 13.1 Å². The second-order valence-corrected chi connectivity index (χ2v) is 7.84. The summed E-state index contributed by atoms with van der Waals surface area (Å²) < 4.78 is 18.4. The lowest BCUT2D eigenvalue weighted by Crippen LogP contribution is -2.42. The van der Waals surface area contributed by atoms with Crippen LogP contribution in [0.2, 0.25) is 0 Å². The summed E-state index contributed by atoms with van der Waals surface area (Å²) in [6.45, 7) is 3.67. The summed E-state index contributed by atoms with van der Waals surface area (Å²) in [6, 6.07) is 8.42. The predicted octanol–water partition coefficient (Wildman–Crippen LogP) is 2.79. The van der Waals surface area contributed by atoms with Crippen molar-refractivity contribution < 1.29 is 18.8 Å². The van der Waals surface area contributed by atoms with E-state index in [1.54, 1.807) is 11.0 Å². The Kier molecular flexibility index (Phi) is 5.73. The number of hydrogen-bond donors (Lipinski definition) is 1. The van der Waals surface area contributed by atoms with Crippen LogP contribution in [-0.2, 0) is 6.54 Å². The Morgan fingerprint density at radius 2 is 1.93 bits per heavy atom. The highest BCUT2D eigenvalue weighted by Crippen LogP contribution is 2.29. The number of rotatable bonds is 4. The highest BCUT2D eigenvalue weighted by molar-refractivity contribution is 5.91. The van der Waals surface area contributed by atoms with Crippen LogP contribution in [0, 0.1) is 5.82 Å². The van der Waals surface area contributed by atoms with Crippen molar-refractivity contribution in [2.75, 3.05) is 26.2 Å².